The molecule has 0 aliphatic carbocycles. The number of amides is 1. The van der Waals surface area contributed by atoms with Gasteiger partial charge in [0.1, 0.15) is 0 Å². The predicted molar refractivity (Wildman–Crippen MR) is 93.2 cm³/mol. The second kappa shape index (κ2) is 6.50. The highest BCUT2D eigenvalue weighted by Gasteiger charge is 2.15. The van der Waals surface area contributed by atoms with E-state index in [9.17, 15) is 4.79 Å². The second-order valence-corrected chi connectivity index (χ2v) is 6.67. The normalized spacial score (nSPS) is 15.8. The van der Waals surface area contributed by atoms with Gasteiger partial charge in [-0.15, -0.1) is 11.3 Å². The Labute approximate surface area is 135 Å². The molecule has 1 aliphatic rings. The summed E-state index contributed by atoms with van der Waals surface area (Å²) in [4.78, 5) is 17.6. The molecule has 1 aliphatic heterocycles. The Morgan fingerprint density at radius 3 is 2.59 bits per heavy atom. The van der Waals surface area contributed by atoms with Crippen molar-refractivity contribution in [3.8, 4) is 0 Å². The molecule has 5 heteroatoms. The van der Waals surface area contributed by atoms with Gasteiger partial charge in [0, 0.05) is 37.6 Å². The third-order valence-corrected chi connectivity index (χ3v) is 4.94. The first-order valence-corrected chi connectivity index (χ1v) is 8.40. The average molecular weight is 315 g/mol. The molecule has 1 amide bonds. The van der Waals surface area contributed by atoms with Crippen molar-refractivity contribution in [1.82, 2.24) is 4.90 Å². The Bertz CT molecular complexity index is 646. The number of hydrogen-bond acceptors (Lipinski definition) is 4. The van der Waals surface area contributed by atoms with Crippen LogP contribution in [0.1, 0.15) is 15.2 Å². The Balaban J connectivity index is 1.71. The summed E-state index contributed by atoms with van der Waals surface area (Å²) in [6.45, 7) is 6.34. The Hall–Kier alpha value is -1.85. The molecule has 0 spiro atoms. The van der Waals surface area contributed by atoms with E-state index in [1.165, 1.54) is 17.0 Å². The minimum atomic E-state index is -0.0366. The van der Waals surface area contributed by atoms with Crippen molar-refractivity contribution in [1.29, 1.82) is 0 Å². The van der Waals surface area contributed by atoms with Gasteiger partial charge >= 0.3 is 0 Å². The van der Waals surface area contributed by atoms with Gasteiger partial charge in [0.15, 0.2) is 0 Å². The number of nitrogens with one attached hydrogen (secondary N) is 1. The maximum Gasteiger partial charge on any atom is 0.265 e. The Morgan fingerprint density at radius 1 is 1.18 bits per heavy atom. The highest BCUT2D eigenvalue weighted by Crippen LogP contribution is 2.24. The van der Waals surface area contributed by atoms with Gasteiger partial charge in [-0.05, 0) is 49.2 Å². The van der Waals surface area contributed by atoms with E-state index in [0.717, 1.165) is 42.3 Å². The molecule has 1 fully saturated rings. The van der Waals surface area contributed by atoms with Crippen LogP contribution in [0.2, 0.25) is 0 Å². The van der Waals surface area contributed by atoms with Crippen molar-refractivity contribution in [3.63, 3.8) is 0 Å². The van der Waals surface area contributed by atoms with E-state index in [0.29, 0.717) is 0 Å². The van der Waals surface area contributed by atoms with Crippen molar-refractivity contribution in [2.75, 3.05) is 43.4 Å². The summed E-state index contributed by atoms with van der Waals surface area (Å²) in [7, 11) is 2.16. The van der Waals surface area contributed by atoms with Crippen LogP contribution < -0.4 is 10.2 Å². The molecule has 4 nitrogen and oxygen atoms in total. The zero-order chi connectivity index (χ0) is 15.5. The van der Waals surface area contributed by atoms with Crippen LogP contribution in [0.4, 0.5) is 11.4 Å². The number of carbonyl (C=O) groups excluding carboxylic acids is 1. The largest absolute Gasteiger partial charge is 0.369 e. The van der Waals surface area contributed by atoms with Crippen LogP contribution in [0.15, 0.2) is 35.7 Å². The zero-order valence-electron chi connectivity index (χ0n) is 13.0. The van der Waals surface area contributed by atoms with Gasteiger partial charge in [-0.3, -0.25) is 4.79 Å². The molecule has 0 radical (unpaired) electrons. The smallest absolute Gasteiger partial charge is 0.265 e. The molecule has 0 bridgehead atoms. The molecule has 0 saturated carbocycles. The number of aryl methyl sites for hydroxylation is 1. The van der Waals surface area contributed by atoms with Gasteiger partial charge in [-0.2, -0.15) is 0 Å². The van der Waals surface area contributed by atoms with Crippen molar-refractivity contribution in [3.05, 3.63) is 46.2 Å². The highest BCUT2D eigenvalue weighted by atomic mass is 32.1. The first-order chi connectivity index (χ1) is 10.6. The van der Waals surface area contributed by atoms with Gasteiger partial charge in [-0.1, -0.05) is 6.07 Å². The van der Waals surface area contributed by atoms with Crippen LogP contribution >= 0.6 is 11.3 Å². The van der Waals surface area contributed by atoms with Crippen LogP contribution in [0.25, 0.3) is 0 Å². The molecule has 2 heterocycles. The Kier molecular flexibility index (Phi) is 4.45. The summed E-state index contributed by atoms with van der Waals surface area (Å²) in [6, 6.07) is 10.0. The predicted octanol–water partition coefficient (Wildman–Crippen LogP) is 3.06. The molecule has 1 aromatic carbocycles. The van der Waals surface area contributed by atoms with Crippen LogP contribution in [0.3, 0.4) is 0 Å². The molecule has 1 saturated heterocycles. The van der Waals surface area contributed by atoms with Crippen LogP contribution in [-0.2, 0) is 0 Å². The number of anilines is 2. The lowest BCUT2D eigenvalue weighted by molar-refractivity contribution is 0.103. The lowest BCUT2D eigenvalue weighted by Gasteiger charge is -2.34. The lowest BCUT2D eigenvalue weighted by atomic mass is 10.1. The molecule has 116 valence electrons. The number of benzene rings is 1. The number of nitrogens with zero attached hydrogens (tertiary/aromatic N) is 2. The first kappa shape index (κ1) is 15.1. The summed E-state index contributed by atoms with van der Waals surface area (Å²) < 4.78 is 0. The monoisotopic (exact) mass is 315 g/mol. The van der Waals surface area contributed by atoms with Crippen molar-refractivity contribution in [2.24, 2.45) is 0 Å². The molecule has 0 atom stereocenters. The molecule has 1 aromatic heterocycles. The molecule has 22 heavy (non-hydrogen) atoms. The topological polar surface area (TPSA) is 35.6 Å². The number of likely N-dealkylation sites (N-methyl/N-ethyl adjacent to an activating group) is 1. The van der Waals surface area contributed by atoms with Crippen LogP contribution in [0.5, 0.6) is 0 Å². The minimum absolute atomic E-state index is 0.0366. The number of hydrogen-bond donors (Lipinski definition) is 1. The molecular weight excluding hydrogens is 294 g/mol. The van der Waals surface area contributed by atoms with Gasteiger partial charge in [0.2, 0.25) is 0 Å². The summed E-state index contributed by atoms with van der Waals surface area (Å²) in [5, 5.41) is 4.91. The third kappa shape index (κ3) is 3.31. The fourth-order valence-corrected chi connectivity index (χ4v) is 3.26. The van der Waals surface area contributed by atoms with E-state index in [-0.39, 0.29) is 5.91 Å². The number of carbonyl (C=O) groups is 1. The molecule has 3 rings (SSSR count). The van der Waals surface area contributed by atoms with E-state index in [2.05, 4.69) is 34.3 Å². The van der Waals surface area contributed by atoms with Crippen LogP contribution in [-0.4, -0.2) is 44.0 Å². The maximum atomic E-state index is 12.1. The first-order valence-electron chi connectivity index (χ1n) is 7.52. The lowest BCUT2D eigenvalue weighted by Crippen LogP contribution is -2.44. The van der Waals surface area contributed by atoms with Crippen LogP contribution in [0, 0.1) is 6.92 Å². The Morgan fingerprint density at radius 2 is 1.95 bits per heavy atom. The molecular formula is C17H21N3OS. The number of piperazine rings is 1. The standard InChI is InChI=1S/C17H21N3OS/c1-13-12-14(20-9-7-19(2)8-10-20)5-6-15(13)18-17(21)16-4-3-11-22-16/h3-6,11-12H,7-10H2,1-2H3,(H,18,21). The summed E-state index contributed by atoms with van der Waals surface area (Å²) in [5.74, 6) is -0.0366. The van der Waals surface area contributed by atoms with E-state index in [1.807, 2.05) is 30.5 Å². The average Bonchev–Trinajstić information content (AvgIpc) is 3.04. The highest BCUT2D eigenvalue weighted by molar-refractivity contribution is 7.12. The van der Waals surface area contributed by atoms with Gasteiger partial charge < -0.3 is 15.1 Å². The zero-order valence-corrected chi connectivity index (χ0v) is 13.8. The SMILES string of the molecule is Cc1cc(N2CCN(C)CC2)ccc1NC(=O)c1cccs1. The minimum Gasteiger partial charge on any atom is -0.369 e. The van der Waals surface area contributed by atoms with Crippen molar-refractivity contribution >= 4 is 28.6 Å². The third-order valence-electron chi connectivity index (χ3n) is 4.07. The second-order valence-electron chi connectivity index (χ2n) is 5.72. The van der Waals surface area contributed by atoms with E-state index >= 15 is 0 Å². The summed E-state index contributed by atoms with van der Waals surface area (Å²) in [5.41, 5.74) is 3.22. The summed E-state index contributed by atoms with van der Waals surface area (Å²) in [6.07, 6.45) is 0. The van der Waals surface area contributed by atoms with Gasteiger partial charge in [0.05, 0.1) is 4.88 Å². The maximum absolute atomic E-state index is 12.1. The molecule has 0 unspecified atom stereocenters. The number of rotatable bonds is 3. The van der Waals surface area contributed by atoms with Crippen molar-refractivity contribution in [2.45, 2.75) is 6.92 Å². The fraction of sp³-hybridized carbons (Fsp3) is 0.353. The van der Waals surface area contributed by atoms with E-state index in [1.54, 1.807) is 0 Å². The van der Waals surface area contributed by atoms with E-state index in [4.69, 9.17) is 0 Å². The number of thiophene rings is 1. The molecule has 2 aromatic rings. The quantitative estimate of drug-likeness (QED) is 0.945. The molecule has 1 N–H and O–H groups in total. The fourth-order valence-electron chi connectivity index (χ4n) is 2.64. The summed E-state index contributed by atoms with van der Waals surface area (Å²) >= 11 is 1.46. The van der Waals surface area contributed by atoms with Gasteiger partial charge in [0.25, 0.3) is 5.91 Å². The van der Waals surface area contributed by atoms with Gasteiger partial charge in [-0.25, -0.2) is 0 Å². The van der Waals surface area contributed by atoms with E-state index < -0.39 is 0 Å². The van der Waals surface area contributed by atoms with Crippen molar-refractivity contribution < 1.29 is 4.79 Å².